The summed E-state index contributed by atoms with van der Waals surface area (Å²) < 4.78 is 5.18. The number of nitrogens with zero attached hydrogens (tertiary/aromatic N) is 1. The minimum atomic E-state index is -0.524. The lowest BCUT2D eigenvalue weighted by Crippen LogP contribution is -2.11. The van der Waals surface area contributed by atoms with Gasteiger partial charge in [0.25, 0.3) is 5.69 Å². The summed E-state index contributed by atoms with van der Waals surface area (Å²) in [6.07, 6.45) is 0. The van der Waals surface area contributed by atoms with Crippen LogP contribution < -0.4 is 10.1 Å². The predicted molar refractivity (Wildman–Crippen MR) is 74.0 cm³/mol. The molecule has 0 saturated heterocycles. The van der Waals surface area contributed by atoms with Gasteiger partial charge >= 0.3 is 5.97 Å². The van der Waals surface area contributed by atoms with Gasteiger partial charge in [-0.05, 0) is 24.3 Å². The van der Waals surface area contributed by atoms with Crippen LogP contribution in [0.15, 0.2) is 48.5 Å². The number of carbonyl (C=O) groups excluding carboxylic acids is 1. The molecule has 0 aliphatic rings. The molecule has 6 heteroatoms. The molecule has 0 aliphatic carbocycles. The molecule has 1 N–H and O–H groups in total. The number of esters is 1. The Morgan fingerprint density at radius 1 is 1.15 bits per heavy atom. The molecule has 0 aromatic heterocycles. The van der Waals surface area contributed by atoms with Crippen LogP contribution in [0.5, 0.6) is 5.75 Å². The van der Waals surface area contributed by atoms with Crippen LogP contribution in [-0.4, -0.2) is 17.9 Å². The molecule has 2 aromatic rings. The Morgan fingerprint density at radius 3 is 2.40 bits per heavy atom. The second-order valence-electron chi connectivity index (χ2n) is 3.94. The van der Waals surface area contributed by atoms with Crippen molar-refractivity contribution >= 4 is 17.3 Å². The largest absolute Gasteiger partial charge is 0.423 e. The molecule has 0 spiro atoms. The minimum absolute atomic E-state index is 0.0552. The zero-order valence-electron chi connectivity index (χ0n) is 10.7. The van der Waals surface area contributed by atoms with Crippen molar-refractivity contribution in [2.45, 2.75) is 0 Å². The molecule has 0 saturated carbocycles. The number of hydrogen-bond acceptors (Lipinski definition) is 5. The van der Waals surface area contributed by atoms with Gasteiger partial charge in [0.1, 0.15) is 5.75 Å². The quantitative estimate of drug-likeness (QED) is 0.400. The van der Waals surface area contributed by atoms with Gasteiger partial charge in [-0.1, -0.05) is 12.1 Å². The SMILES string of the molecule is CNc1ccccc1C(=O)Oc1ccc([N+](=O)[O-])cc1. The molecule has 0 amide bonds. The van der Waals surface area contributed by atoms with Crippen molar-refractivity contribution in [2.24, 2.45) is 0 Å². The second kappa shape index (κ2) is 5.83. The number of ether oxygens (including phenoxy) is 1. The van der Waals surface area contributed by atoms with E-state index in [1.165, 1.54) is 24.3 Å². The van der Waals surface area contributed by atoms with E-state index in [0.717, 1.165) is 0 Å². The number of para-hydroxylation sites is 1. The number of hydrogen-bond donors (Lipinski definition) is 1. The molecule has 0 unspecified atom stereocenters. The molecule has 0 fully saturated rings. The number of nitro groups is 1. The Bertz CT molecular complexity index is 638. The summed E-state index contributed by atoms with van der Waals surface area (Å²) in [6.45, 7) is 0. The first-order valence-electron chi connectivity index (χ1n) is 5.85. The lowest BCUT2D eigenvalue weighted by molar-refractivity contribution is -0.384. The lowest BCUT2D eigenvalue weighted by atomic mass is 10.2. The third kappa shape index (κ3) is 2.92. The number of rotatable bonds is 4. The number of benzene rings is 2. The first-order valence-corrected chi connectivity index (χ1v) is 5.85. The summed E-state index contributed by atoms with van der Waals surface area (Å²) in [7, 11) is 1.71. The van der Waals surface area contributed by atoms with E-state index in [-0.39, 0.29) is 11.4 Å². The Kier molecular flexibility index (Phi) is 3.95. The van der Waals surface area contributed by atoms with Gasteiger partial charge in [0.15, 0.2) is 0 Å². The molecular weight excluding hydrogens is 260 g/mol. The van der Waals surface area contributed by atoms with Crippen molar-refractivity contribution in [3.05, 3.63) is 64.2 Å². The standard InChI is InChI=1S/C14H12N2O4/c1-15-13-5-3-2-4-12(13)14(17)20-11-8-6-10(7-9-11)16(18)19/h2-9,15H,1H3. The van der Waals surface area contributed by atoms with Crippen LogP contribution in [0.25, 0.3) is 0 Å². The van der Waals surface area contributed by atoms with Gasteiger partial charge in [-0.2, -0.15) is 0 Å². The van der Waals surface area contributed by atoms with Crippen LogP contribution in [0.2, 0.25) is 0 Å². The molecule has 6 nitrogen and oxygen atoms in total. The van der Waals surface area contributed by atoms with Crippen molar-refractivity contribution in [3.8, 4) is 5.75 Å². The summed E-state index contributed by atoms with van der Waals surface area (Å²) >= 11 is 0. The second-order valence-corrected chi connectivity index (χ2v) is 3.94. The molecule has 0 aliphatic heterocycles. The monoisotopic (exact) mass is 272 g/mol. The number of nitrogens with one attached hydrogen (secondary N) is 1. The Labute approximate surface area is 115 Å². The van der Waals surface area contributed by atoms with E-state index in [1.54, 1.807) is 31.3 Å². The van der Waals surface area contributed by atoms with Crippen molar-refractivity contribution in [2.75, 3.05) is 12.4 Å². The molecule has 2 aromatic carbocycles. The number of carbonyl (C=O) groups is 1. The topological polar surface area (TPSA) is 81.5 Å². The Hall–Kier alpha value is -2.89. The average molecular weight is 272 g/mol. The Morgan fingerprint density at radius 2 is 1.80 bits per heavy atom. The first-order chi connectivity index (χ1) is 9.61. The Balaban J connectivity index is 2.17. The van der Waals surface area contributed by atoms with Gasteiger partial charge in [-0.25, -0.2) is 4.79 Å². The summed E-state index contributed by atoms with van der Waals surface area (Å²) in [4.78, 5) is 22.0. The van der Waals surface area contributed by atoms with E-state index in [0.29, 0.717) is 11.3 Å². The zero-order valence-corrected chi connectivity index (χ0v) is 10.7. The van der Waals surface area contributed by atoms with Gasteiger partial charge in [0.2, 0.25) is 0 Å². The van der Waals surface area contributed by atoms with Crippen LogP contribution in [0.3, 0.4) is 0 Å². The highest BCUT2D eigenvalue weighted by Gasteiger charge is 2.13. The maximum Gasteiger partial charge on any atom is 0.345 e. The number of anilines is 1. The predicted octanol–water partition coefficient (Wildman–Crippen LogP) is 2.86. The van der Waals surface area contributed by atoms with Crippen LogP contribution in [0.4, 0.5) is 11.4 Å². The summed E-state index contributed by atoms with van der Waals surface area (Å²) in [5.41, 5.74) is 0.994. The molecule has 0 radical (unpaired) electrons. The van der Waals surface area contributed by atoms with Crippen molar-refractivity contribution in [1.82, 2.24) is 0 Å². The minimum Gasteiger partial charge on any atom is -0.423 e. The molecule has 0 heterocycles. The first kappa shape index (κ1) is 13.5. The van der Waals surface area contributed by atoms with Crippen LogP contribution in [0, 0.1) is 10.1 Å². The highest BCUT2D eigenvalue weighted by Crippen LogP contribution is 2.20. The van der Waals surface area contributed by atoms with Crippen LogP contribution >= 0.6 is 0 Å². The van der Waals surface area contributed by atoms with E-state index in [1.807, 2.05) is 0 Å². The van der Waals surface area contributed by atoms with Gasteiger partial charge in [0.05, 0.1) is 10.5 Å². The molecule has 102 valence electrons. The number of non-ortho nitro benzene ring substituents is 1. The van der Waals surface area contributed by atoms with E-state index >= 15 is 0 Å². The highest BCUT2D eigenvalue weighted by atomic mass is 16.6. The van der Waals surface area contributed by atoms with Crippen LogP contribution in [-0.2, 0) is 0 Å². The normalized spacial score (nSPS) is 9.85. The smallest absolute Gasteiger partial charge is 0.345 e. The fourth-order valence-electron chi connectivity index (χ4n) is 1.68. The molecule has 0 atom stereocenters. The fraction of sp³-hybridized carbons (Fsp3) is 0.0714. The third-order valence-electron chi connectivity index (χ3n) is 2.67. The van der Waals surface area contributed by atoms with Crippen molar-refractivity contribution in [1.29, 1.82) is 0 Å². The van der Waals surface area contributed by atoms with E-state index in [4.69, 9.17) is 4.74 Å². The van der Waals surface area contributed by atoms with E-state index in [2.05, 4.69) is 5.32 Å². The fourth-order valence-corrected chi connectivity index (χ4v) is 1.68. The van der Waals surface area contributed by atoms with Crippen LogP contribution in [0.1, 0.15) is 10.4 Å². The van der Waals surface area contributed by atoms with Gasteiger partial charge in [0, 0.05) is 24.9 Å². The molecule has 20 heavy (non-hydrogen) atoms. The van der Waals surface area contributed by atoms with Gasteiger partial charge in [-0.3, -0.25) is 10.1 Å². The average Bonchev–Trinajstić information content (AvgIpc) is 2.47. The maximum absolute atomic E-state index is 12.0. The number of nitro benzene ring substituents is 1. The molecular formula is C14H12N2O4. The zero-order chi connectivity index (χ0) is 14.5. The van der Waals surface area contributed by atoms with Gasteiger partial charge in [-0.15, -0.1) is 0 Å². The van der Waals surface area contributed by atoms with E-state index < -0.39 is 10.9 Å². The molecule has 0 bridgehead atoms. The van der Waals surface area contributed by atoms with Gasteiger partial charge < -0.3 is 10.1 Å². The van der Waals surface area contributed by atoms with Crippen molar-refractivity contribution in [3.63, 3.8) is 0 Å². The summed E-state index contributed by atoms with van der Waals surface area (Å²) in [5, 5.41) is 13.4. The van der Waals surface area contributed by atoms with Crippen molar-refractivity contribution < 1.29 is 14.5 Å². The lowest BCUT2D eigenvalue weighted by Gasteiger charge is -2.08. The maximum atomic E-state index is 12.0. The van der Waals surface area contributed by atoms with E-state index in [9.17, 15) is 14.9 Å². The molecule has 2 rings (SSSR count). The third-order valence-corrected chi connectivity index (χ3v) is 2.67. The highest BCUT2D eigenvalue weighted by molar-refractivity contribution is 5.96. The summed E-state index contributed by atoms with van der Waals surface area (Å²) in [6, 6.07) is 12.3. The summed E-state index contributed by atoms with van der Waals surface area (Å²) in [5.74, 6) is -0.268.